The van der Waals surface area contributed by atoms with Crippen LogP contribution < -0.4 is 10.6 Å². The molecule has 2 N–H and O–H groups in total. The number of imide groups is 1. The van der Waals surface area contributed by atoms with Gasteiger partial charge in [-0.25, -0.2) is 14.0 Å². The van der Waals surface area contributed by atoms with Crippen molar-refractivity contribution in [3.63, 3.8) is 0 Å². The fourth-order valence-corrected chi connectivity index (χ4v) is 4.09. The first kappa shape index (κ1) is 21.1. The lowest BCUT2D eigenvalue weighted by Gasteiger charge is -2.39. The Morgan fingerprint density at radius 1 is 1.34 bits per heavy atom. The molecule has 0 bridgehead atoms. The molecule has 0 aromatic heterocycles. The zero-order chi connectivity index (χ0) is 21.2. The van der Waals surface area contributed by atoms with Crippen LogP contribution in [-0.2, 0) is 16.1 Å². The normalized spacial score (nSPS) is 24.6. The standard InChI is InChI=1S/C21H28FN3O4/c1-20(2,3)29-19(28)23-12-15-8-4-5-10-21(15)17(26)25(18(27)24-21)13-14-7-6-9-16(22)11-14/h6-7,9,11,15H,4-5,8,10,12-13H2,1-3H3,(H,23,28)(H,24,27)/t15-,21-/m0/s1. The van der Waals surface area contributed by atoms with Crippen LogP contribution in [0.4, 0.5) is 14.0 Å². The van der Waals surface area contributed by atoms with Crippen LogP contribution in [-0.4, -0.2) is 40.6 Å². The van der Waals surface area contributed by atoms with Gasteiger partial charge in [0.1, 0.15) is 17.0 Å². The second-order valence-electron chi connectivity index (χ2n) is 8.75. The predicted molar refractivity (Wildman–Crippen MR) is 104 cm³/mol. The summed E-state index contributed by atoms with van der Waals surface area (Å²) in [6.07, 6.45) is 2.39. The molecule has 4 amide bonds. The van der Waals surface area contributed by atoms with E-state index in [1.54, 1.807) is 32.9 Å². The van der Waals surface area contributed by atoms with E-state index in [0.717, 1.165) is 17.7 Å². The minimum atomic E-state index is -1.04. The van der Waals surface area contributed by atoms with Gasteiger partial charge in [-0.15, -0.1) is 0 Å². The van der Waals surface area contributed by atoms with Crippen LogP contribution >= 0.6 is 0 Å². The van der Waals surface area contributed by atoms with Crippen LogP contribution in [0.1, 0.15) is 52.0 Å². The highest BCUT2D eigenvalue weighted by atomic mass is 19.1. The van der Waals surface area contributed by atoms with Crippen molar-refractivity contribution in [3.8, 4) is 0 Å². The number of ether oxygens (including phenoxy) is 1. The lowest BCUT2D eigenvalue weighted by molar-refractivity contribution is -0.134. The molecule has 0 unspecified atom stereocenters. The molecule has 1 aliphatic carbocycles. The number of nitrogens with one attached hydrogen (secondary N) is 2. The molecular weight excluding hydrogens is 377 g/mol. The van der Waals surface area contributed by atoms with Crippen molar-refractivity contribution in [1.82, 2.24) is 15.5 Å². The highest BCUT2D eigenvalue weighted by Gasteiger charge is 2.56. The van der Waals surface area contributed by atoms with Crippen molar-refractivity contribution in [3.05, 3.63) is 35.6 Å². The van der Waals surface area contributed by atoms with Gasteiger partial charge in [-0.05, 0) is 51.3 Å². The molecule has 1 aromatic carbocycles. The van der Waals surface area contributed by atoms with Gasteiger partial charge in [0.05, 0.1) is 6.54 Å². The monoisotopic (exact) mass is 405 g/mol. The summed E-state index contributed by atoms with van der Waals surface area (Å²) in [5.41, 5.74) is -1.12. The molecule has 158 valence electrons. The van der Waals surface area contributed by atoms with Gasteiger partial charge in [0.25, 0.3) is 5.91 Å². The van der Waals surface area contributed by atoms with Crippen molar-refractivity contribution in [2.45, 2.75) is 64.1 Å². The SMILES string of the molecule is CC(C)(C)OC(=O)NC[C@@H]1CCCC[C@]12NC(=O)N(Cc1cccc(F)c1)C2=O. The van der Waals surface area contributed by atoms with Crippen molar-refractivity contribution in [1.29, 1.82) is 0 Å². The fourth-order valence-electron chi connectivity index (χ4n) is 4.09. The number of halogens is 1. The summed E-state index contributed by atoms with van der Waals surface area (Å²) in [6.45, 7) is 5.57. The van der Waals surface area contributed by atoms with E-state index in [-0.39, 0.29) is 24.9 Å². The van der Waals surface area contributed by atoms with Gasteiger partial charge in [-0.1, -0.05) is 25.0 Å². The number of carbonyl (C=O) groups excluding carboxylic acids is 3. The molecule has 29 heavy (non-hydrogen) atoms. The van der Waals surface area contributed by atoms with Crippen LogP contribution in [0, 0.1) is 11.7 Å². The smallest absolute Gasteiger partial charge is 0.407 e. The number of hydrogen-bond donors (Lipinski definition) is 2. The van der Waals surface area contributed by atoms with Gasteiger partial charge in [0.15, 0.2) is 0 Å². The second kappa shape index (κ2) is 8.00. The van der Waals surface area contributed by atoms with Crippen molar-refractivity contribution < 1.29 is 23.5 Å². The summed E-state index contributed by atoms with van der Waals surface area (Å²) in [4.78, 5) is 39.1. The molecule has 3 rings (SSSR count). The van der Waals surface area contributed by atoms with Gasteiger partial charge in [0, 0.05) is 12.5 Å². The summed E-state index contributed by atoms with van der Waals surface area (Å²) >= 11 is 0. The third-order valence-corrected chi connectivity index (χ3v) is 5.39. The number of alkyl carbamates (subject to hydrolysis) is 1. The Labute approximate surface area is 170 Å². The van der Waals surface area contributed by atoms with Gasteiger partial charge in [0.2, 0.25) is 0 Å². The Morgan fingerprint density at radius 2 is 2.10 bits per heavy atom. The largest absolute Gasteiger partial charge is 0.444 e. The van der Waals surface area contributed by atoms with Crippen LogP contribution in [0.25, 0.3) is 0 Å². The first-order chi connectivity index (χ1) is 13.6. The Morgan fingerprint density at radius 3 is 2.79 bits per heavy atom. The number of carbonyl (C=O) groups is 3. The Bertz CT molecular complexity index is 807. The number of benzene rings is 1. The van der Waals surface area contributed by atoms with Crippen LogP contribution in [0.2, 0.25) is 0 Å². The highest BCUT2D eigenvalue weighted by molar-refractivity contribution is 6.07. The highest BCUT2D eigenvalue weighted by Crippen LogP contribution is 2.38. The molecule has 1 saturated heterocycles. The molecule has 1 spiro atoms. The molecule has 1 aliphatic heterocycles. The maximum atomic E-state index is 13.5. The Balaban J connectivity index is 1.73. The summed E-state index contributed by atoms with van der Waals surface area (Å²) in [5, 5.41) is 5.61. The van der Waals surface area contributed by atoms with Crippen molar-refractivity contribution >= 4 is 18.0 Å². The molecule has 7 nitrogen and oxygen atoms in total. The van der Waals surface area contributed by atoms with E-state index in [0.29, 0.717) is 18.4 Å². The summed E-state index contributed by atoms with van der Waals surface area (Å²) in [7, 11) is 0. The van der Waals surface area contributed by atoms with Crippen LogP contribution in [0.5, 0.6) is 0 Å². The second-order valence-corrected chi connectivity index (χ2v) is 8.75. The average Bonchev–Trinajstić information content (AvgIpc) is 2.84. The van der Waals surface area contributed by atoms with Gasteiger partial charge in [-0.2, -0.15) is 0 Å². The van der Waals surface area contributed by atoms with E-state index in [2.05, 4.69) is 10.6 Å². The Kier molecular flexibility index (Phi) is 5.82. The van der Waals surface area contributed by atoms with Gasteiger partial charge < -0.3 is 15.4 Å². The minimum absolute atomic E-state index is 0.0103. The van der Waals surface area contributed by atoms with Gasteiger partial charge >= 0.3 is 12.1 Å². The third-order valence-electron chi connectivity index (χ3n) is 5.39. The molecule has 2 fully saturated rings. The lowest BCUT2D eigenvalue weighted by atomic mass is 9.72. The summed E-state index contributed by atoms with van der Waals surface area (Å²) in [5.74, 6) is -0.971. The van der Waals surface area contributed by atoms with Crippen molar-refractivity contribution in [2.24, 2.45) is 5.92 Å². The first-order valence-corrected chi connectivity index (χ1v) is 9.96. The Hall–Kier alpha value is -2.64. The summed E-state index contributed by atoms with van der Waals surface area (Å²) < 4.78 is 18.8. The van der Waals surface area contributed by atoms with Crippen molar-refractivity contribution in [2.75, 3.05) is 6.54 Å². The number of amides is 4. The van der Waals surface area contributed by atoms with Crippen LogP contribution in [0.15, 0.2) is 24.3 Å². The van der Waals surface area contributed by atoms with E-state index in [9.17, 15) is 18.8 Å². The fraction of sp³-hybridized carbons (Fsp3) is 0.571. The molecule has 1 aromatic rings. The van der Waals surface area contributed by atoms with Gasteiger partial charge in [-0.3, -0.25) is 9.69 Å². The zero-order valence-electron chi connectivity index (χ0n) is 17.1. The molecule has 2 atom stereocenters. The minimum Gasteiger partial charge on any atom is -0.444 e. The van der Waals surface area contributed by atoms with Crippen LogP contribution in [0.3, 0.4) is 0 Å². The maximum Gasteiger partial charge on any atom is 0.407 e. The number of rotatable bonds is 4. The molecular formula is C21H28FN3O4. The number of hydrogen-bond acceptors (Lipinski definition) is 4. The average molecular weight is 405 g/mol. The van der Waals surface area contributed by atoms with E-state index < -0.39 is 29.1 Å². The topological polar surface area (TPSA) is 87.7 Å². The van der Waals surface area contributed by atoms with E-state index in [1.165, 1.54) is 12.1 Å². The lowest BCUT2D eigenvalue weighted by Crippen LogP contribution is -2.57. The first-order valence-electron chi connectivity index (χ1n) is 9.96. The number of urea groups is 1. The van der Waals surface area contributed by atoms with E-state index in [1.807, 2.05) is 0 Å². The predicted octanol–water partition coefficient (Wildman–Crippen LogP) is 3.33. The molecule has 1 heterocycles. The maximum absolute atomic E-state index is 13.5. The molecule has 1 saturated carbocycles. The zero-order valence-corrected chi connectivity index (χ0v) is 17.1. The summed E-state index contributed by atoms with van der Waals surface area (Å²) in [6, 6.07) is 5.37. The molecule has 0 radical (unpaired) electrons. The third kappa shape index (κ3) is 4.68. The molecule has 2 aliphatic rings. The molecule has 8 heteroatoms. The quantitative estimate of drug-likeness (QED) is 0.752. The van der Waals surface area contributed by atoms with E-state index in [4.69, 9.17) is 4.74 Å². The number of nitrogens with zero attached hydrogens (tertiary/aromatic N) is 1. The van der Waals surface area contributed by atoms with E-state index >= 15 is 0 Å².